The summed E-state index contributed by atoms with van der Waals surface area (Å²) in [6.07, 6.45) is -4.93. The number of alkyl halides is 3. The average molecular weight is 266 g/mol. The van der Waals surface area contributed by atoms with Crippen LogP contribution in [0.4, 0.5) is 13.2 Å². The van der Waals surface area contributed by atoms with Crippen LogP contribution in [0, 0.1) is 0 Å². The Morgan fingerprint density at radius 2 is 2.12 bits per heavy atom. The molecule has 0 saturated heterocycles. The third-order valence-electron chi connectivity index (χ3n) is 2.56. The number of nitrogens with zero attached hydrogens (tertiary/aromatic N) is 1. The molecule has 2 atom stereocenters. The zero-order valence-corrected chi connectivity index (χ0v) is 10.7. The van der Waals surface area contributed by atoms with Crippen molar-refractivity contribution in [1.82, 2.24) is 4.90 Å². The van der Waals surface area contributed by atoms with Crippen LogP contribution in [-0.4, -0.2) is 30.7 Å². The molecule has 0 aliphatic heterocycles. The van der Waals surface area contributed by atoms with Gasteiger partial charge in [0.15, 0.2) is 0 Å². The Labute approximate surface area is 103 Å². The van der Waals surface area contributed by atoms with Gasteiger partial charge in [-0.25, -0.2) is 0 Å². The Morgan fingerprint density at radius 1 is 1.47 bits per heavy atom. The second kappa shape index (κ2) is 5.84. The minimum absolute atomic E-state index is 0.0341. The number of rotatable bonds is 5. The molecule has 0 spiro atoms. The highest BCUT2D eigenvalue weighted by molar-refractivity contribution is 7.10. The Bertz CT molecular complexity index is 322. The lowest BCUT2D eigenvalue weighted by Crippen LogP contribution is -2.38. The van der Waals surface area contributed by atoms with Crippen molar-refractivity contribution in [3.05, 3.63) is 22.4 Å². The summed E-state index contributed by atoms with van der Waals surface area (Å²) in [4.78, 5) is 2.67. The molecule has 0 amide bonds. The fraction of sp³-hybridized carbons (Fsp3) is 0.636. The van der Waals surface area contributed by atoms with Crippen molar-refractivity contribution in [3.8, 4) is 0 Å². The van der Waals surface area contributed by atoms with Gasteiger partial charge in [0.05, 0.1) is 12.5 Å². The van der Waals surface area contributed by atoms with Crippen LogP contribution in [0.15, 0.2) is 17.5 Å². The van der Waals surface area contributed by atoms with Crippen molar-refractivity contribution in [2.24, 2.45) is 5.73 Å². The summed E-state index contributed by atoms with van der Waals surface area (Å²) in [5.74, 6) is 0. The fourth-order valence-corrected chi connectivity index (χ4v) is 2.78. The van der Waals surface area contributed by atoms with Gasteiger partial charge in [-0.15, -0.1) is 11.3 Å². The van der Waals surface area contributed by atoms with Crippen molar-refractivity contribution in [3.63, 3.8) is 0 Å². The minimum atomic E-state index is -4.12. The van der Waals surface area contributed by atoms with Gasteiger partial charge in [-0.3, -0.25) is 4.90 Å². The van der Waals surface area contributed by atoms with E-state index >= 15 is 0 Å². The fourth-order valence-electron chi connectivity index (χ4n) is 1.78. The highest BCUT2D eigenvalue weighted by atomic mass is 32.1. The quantitative estimate of drug-likeness (QED) is 0.887. The van der Waals surface area contributed by atoms with Gasteiger partial charge >= 0.3 is 6.18 Å². The molecule has 2 N–H and O–H groups in total. The van der Waals surface area contributed by atoms with E-state index in [1.165, 1.54) is 11.3 Å². The van der Waals surface area contributed by atoms with Crippen molar-refractivity contribution in [2.45, 2.75) is 31.6 Å². The van der Waals surface area contributed by atoms with Gasteiger partial charge in [-0.1, -0.05) is 6.07 Å². The van der Waals surface area contributed by atoms with E-state index in [4.69, 9.17) is 5.73 Å². The molecule has 1 aromatic heterocycles. The van der Waals surface area contributed by atoms with E-state index in [9.17, 15) is 13.2 Å². The maximum atomic E-state index is 12.2. The Balaban J connectivity index is 2.66. The first-order valence-corrected chi connectivity index (χ1v) is 6.25. The molecule has 0 saturated carbocycles. The standard InChI is InChI=1S/C11H17F3N2S/c1-8(15)10(9-4-3-7-17-9)16(2)6-5-11(12,13)14/h3-4,7-8,10H,5-6,15H2,1-2H3. The van der Waals surface area contributed by atoms with Crippen molar-refractivity contribution < 1.29 is 13.2 Å². The Kier molecular flexibility index (Phi) is 4.97. The highest BCUT2D eigenvalue weighted by Gasteiger charge is 2.30. The third kappa shape index (κ3) is 4.65. The number of likely N-dealkylation sites (N-methyl/N-ethyl adjacent to an activating group) is 1. The smallest absolute Gasteiger partial charge is 0.326 e. The maximum Gasteiger partial charge on any atom is 0.390 e. The predicted molar refractivity (Wildman–Crippen MR) is 64.0 cm³/mol. The van der Waals surface area contributed by atoms with Gasteiger partial charge in [0, 0.05) is 17.5 Å². The number of thiophene rings is 1. The van der Waals surface area contributed by atoms with E-state index < -0.39 is 12.6 Å². The molecule has 0 fully saturated rings. The van der Waals surface area contributed by atoms with Crippen LogP contribution >= 0.6 is 11.3 Å². The molecule has 2 nitrogen and oxygen atoms in total. The molecule has 0 aliphatic carbocycles. The highest BCUT2D eigenvalue weighted by Crippen LogP contribution is 2.28. The second-order valence-corrected chi connectivity index (χ2v) is 5.14. The van der Waals surface area contributed by atoms with Gasteiger partial charge < -0.3 is 5.73 Å². The topological polar surface area (TPSA) is 29.3 Å². The van der Waals surface area contributed by atoms with E-state index in [0.29, 0.717) is 0 Å². The molecule has 1 heterocycles. The molecule has 98 valence electrons. The molecule has 0 radical (unpaired) electrons. The third-order valence-corrected chi connectivity index (χ3v) is 3.50. The van der Waals surface area contributed by atoms with Crippen LogP contribution in [0.25, 0.3) is 0 Å². The van der Waals surface area contributed by atoms with Crippen LogP contribution in [0.1, 0.15) is 24.3 Å². The zero-order chi connectivity index (χ0) is 13.1. The Morgan fingerprint density at radius 3 is 2.53 bits per heavy atom. The summed E-state index contributed by atoms with van der Waals surface area (Å²) < 4.78 is 36.5. The first kappa shape index (κ1) is 14.5. The van der Waals surface area contributed by atoms with Crippen LogP contribution in [0.3, 0.4) is 0 Å². The van der Waals surface area contributed by atoms with Crippen LogP contribution < -0.4 is 5.73 Å². The average Bonchev–Trinajstić information content (AvgIpc) is 2.66. The lowest BCUT2D eigenvalue weighted by Gasteiger charge is -2.30. The summed E-state index contributed by atoms with van der Waals surface area (Å²) in [5.41, 5.74) is 5.85. The SMILES string of the molecule is CC(N)C(c1cccs1)N(C)CCC(F)(F)F. The van der Waals surface area contributed by atoms with Gasteiger partial charge in [-0.2, -0.15) is 13.2 Å². The zero-order valence-electron chi connectivity index (χ0n) is 9.87. The minimum Gasteiger partial charge on any atom is -0.326 e. The molecular weight excluding hydrogens is 249 g/mol. The molecule has 1 aromatic rings. The van der Waals surface area contributed by atoms with E-state index in [0.717, 1.165) is 4.88 Å². The summed E-state index contributed by atoms with van der Waals surface area (Å²) in [6, 6.07) is 3.43. The molecule has 17 heavy (non-hydrogen) atoms. The largest absolute Gasteiger partial charge is 0.390 e. The van der Waals surface area contributed by atoms with Crippen LogP contribution in [0.5, 0.6) is 0 Å². The number of nitrogens with two attached hydrogens (primary N) is 1. The molecular formula is C11H17F3N2S. The first-order chi connectivity index (χ1) is 7.81. The molecule has 2 unspecified atom stereocenters. The summed E-state index contributed by atoms with van der Waals surface area (Å²) in [6.45, 7) is 1.78. The lowest BCUT2D eigenvalue weighted by atomic mass is 10.1. The first-order valence-electron chi connectivity index (χ1n) is 5.37. The molecule has 0 aliphatic rings. The summed E-state index contributed by atoms with van der Waals surface area (Å²) in [5, 5.41) is 1.91. The molecule has 0 aromatic carbocycles. The number of hydrogen-bond acceptors (Lipinski definition) is 3. The van der Waals surface area contributed by atoms with Gasteiger partial charge in [0.25, 0.3) is 0 Å². The van der Waals surface area contributed by atoms with E-state index in [1.807, 2.05) is 24.4 Å². The van der Waals surface area contributed by atoms with Crippen LogP contribution in [-0.2, 0) is 0 Å². The summed E-state index contributed by atoms with van der Waals surface area (Å²) >= 11 is 1.52. The van der Waals surface area contributed by atoms with Crippen molar-refractivity contribution in [2.75, 3.05) is 13.6 Å². The lowest BCUT2D eigenvalue weighted by molar-refractivity contribution is -0.138. The second-order valence-electron chi connectivity index (χ2n) is 4.17. The monoisotopic (exact) mass is 266 g/mol. The van der Waals surface area contributed by atoms with E-state index in [1.54, 1.807) is 11.9 Å². The van der Waals surface area contributed by atoms with Crippen molar-refractivity contribution in [1.29, 1.82) is 0 Å². The van der Waals surface area contributed by atoms with Gasteiger partial charge in [0.1, 0.15) is 0 Å². The predicted octanol–water partition coefficient (Wildman–Crippen LogP) is 3.02. The van der Waals surface area contributed by atoms with Crippen molar-refractivity contribution >= 4 is 11.3 Å². The van der Waals surface area contributed by atoms with Crippen LogP contribution in [0.2, 0.25) is 0 Å². The maximum absolute atomic E-state index is 12.2. The molecule has 6 heteroatoms. The number of hydrogen-bond donors (Lipinski definition) is 1. The van der Waals surface area contributed by atoms with Gasteiger partial charge in [0.2, 0.25) is 0 Å². The molecule has 1 rings (SSSR count). The Hall–Kier alpha value is -0.590. The summed E-state index contributed by atoms with van der Waals surface area (Å²) in [7, 11) is 1.68. The van der Waals surface area contributed by atoms with E-state index in [-0.39, 0.29) is 18.6 Å². The number of halogens is 3. The van der Waals surface area contributed by atoms with E-state index in [2.05, 4.69) is 0 Å². The van der Waals surface area contributed by atoms with Gasteiger partial charge in [-0.05, 0) is 25.4 Å². The molecule has 0 bridgehead atoms. The normalized spacial score (nSPS) is 16.2.